The first-order valence-electron chi connectivity index (χ1n) is 5.16. The van der Waals surface area contributed by atoms with Crippen LogP contribution in [-0.2, 0) is 4.79 Å². The standard InChI is InChI=1S/C12H16N2O2/c1-9(2)14(8-11(13)15)12(16)10-6-4-3-5-7-10/h3-7,9H,8H2,1-2H3,(H2,13,15). The molecule has 86 valence electrons. The molecule has 1 aromatic rings. The Balaban J connectivity index is 2.88. The van der Waals surface area contributed by atoms with Gasteiger partial charge in [-0.1, -0.05) is 18.2 Å². The highest BCUT2D eigenvalue weighted by atomic mass is 16.2. The van der Waals surface area contributed by atoms with Crippen LogP contribution in [0.2, 0.25) is 0 Å². The molecule has 0 heterocycles. The van der Waals surface area contributed by atoms with Crippen molar-refractivity contribution >= 4 is 11.8 Å². The van der Waals surface area contributed by atoms with E-state index in [0.717, 1.165) is 0 Å². The molecule has 0 saturated heterocycles. The van der Waals surface area contributed by atoms with E-state index in [9.17, 15) is 9.59 Å². The van der Waals surface area contributed by atoms with Crippen LogP contribution < -0.4 is 5.73 Å². The number of amides is 2. The summed E-state index contributed by atoms with van der Waals surface area (Å²) in [5.41, 5.74) is 5.68. The second-order valence-electron chi connectivity index (χ2n) is 3.86. The van der Waals surface area contributed by atoms with Gasteiger partial charge in [-0.05, 0) is 26.0 Å². The molecule has 0 aliphatic rings. The molecule has 0 bridgehead atoms. The monoisotopic (exact) mass is 220 g/mol. The molecule has 16 heavy (non-hydrogen) atoms. The first-order valence-corrected chi connectivity index (χ1v) is 5.16. The van der Waals surface area contributed by atoms with Gasteiger partial charge in [0.1, 0.15) is 0 Å². The Morgan fingerprint density at radius 1 is 1.25 bits per heavy atom. The molecule has 0 aliphatic carbocycles. The molecule has 2 N–H and O–H groups in total. The van der Waals surface area contributed by atoms with Crippen LogP contribution in [0, 0.1) is 0 Å². The maximum Gasteiger partial charge on any atom is 0.254 e. The van der Waals surface area contributed by atoms with Gasteiger partial charge in [0.15, 0.2) is 0 Å². The zero-order chi connectivity index (χ0) is 12.1. The number of carbonyl (C=O) groups excluding carboxylic acids is 2. The van der Waals surface area contributed by atoms with Gasteiger partial charge in [0.05, 0.1) is 6.54 Å². The maximum atomic E-state index is 12.0. The molecule has 0 saturated carbocycles. The fraction of sp³-hybridized carbons (Fsp3) is 0.333. The summed E-state index contributed by atoms with van der Waals surface area (Å²) in [4.78, 5) is 24.4. The van der Waals surface area contributed by atoms with Crippen molar-refractivity contribution in [2.24, 2.45) is 5.73 Å². The number of rotatable bonds is 4. The summed E-state index contributed by atoms with van der Waals surface area (Å²) in [7, 11) is 0. The fourth-order valence-electron chi connectivity index (χ4n) is 1.40. The maximum absolute atomic E-state index is 12.0. The van der Waals surface area contributed by atoms with Crippen molar-refractivity contribution in [2.45, 2.75) is 19.9 Å². The number of carbonyl (C=O) groups is 2. The Morgan fingerprint density at radius 2 is 1.81 bits per heavy atom. The largest absolute Gasteiger partial charge is 0.368 e. The quantitative estimate of drug-likeness (QED) is 0.823. The van der Waals surface area contributed by atoms with Crippen molar-refractivity contribution in [3.05, 3.63) is 35.9 Å². The highest BCUT2D eigenvalue weighted by Crippen LogP contribution is 2.07. The van der Waals surface area contributed by atoms with Gasteiger partial charge in [0.2, 0.25) is 5.91 Å². The van der Waals surface area contributed by atoms with E-state index in [1.54, 1.807) is 24.3 Å². The van der Waals surface area contributed by atoms with E-state index < -0.39 is 5.91 Å². The highest BCUT2D eigenvalue weighted by Gasteiger charge is 2.19. The molecule has 0 fully saturated rings. The second-order valence-corrected chi connectivity index (χ2v) is 3.86. The highest BCUT2D eigenvalue weighted by molar-refractivity contribution is 5.96. The number of nitrogens with zero attached hydrogens (tertiary/aromatic N) is 1. The van der Waals surface area contributed by atoms with E-state index >= 15 is 0 Å². The molecule has 0 unspecified atom stereocenters. The van der Waals surface area contributed by atoms with E-state index in [1.807, 2.05) is 19.9 Å². The van der Waals surface area contributed by atoms with Crippen LogP contribution in [0.5, 0.6) is 0 Å². The van der Waals surface area contributed by atoms with E-state index in [4.69, 9.17) is 5.73 Å². The number of hydrogen-bond acceptors (Lipinski definition) is 2. The van der Waals surface area contributed by atoms with Crippen LogP contribution in [0.25, 0.3) is 0 Å². The minimum absolute atomic E-state index is 0.0502. The normalized spacial score (nSPS) is 10.2. The van der Waals surface area contributed by atoms with Crippen LogP contribution in [0.1, 0.15) is 24.2 Å². The van der Waals surface area contributed by atoms with E-state index in [2.05, 4.69) is 0 Å². The van der Waals surface area contributed by atoms with Gasteiger partial charge in [-0.2, -0.15) is 0 Å². The topological polar surface area (TPSA) is 63.4 Å². The average molecular weight is 220 g/mol. The number of primary amides is 1. The van der Waals surface area contributed by atoms with Gasteiger partial charge >= 0.3 is 0 Å². The van der Waals surface area contributed by atoms with Crippen LogP contribution >= 0.6 is 0 Å². The Kier molecular flexibility index (Phi) is 4.05. The van der Waals surface area contributed by atoms with E-state index in [0.29, 0.717) is 5.56 Å². The molecule has 0 atom stereocenters. The van der Waals surface area contributed by atoms with E-state index in [-0.39, 0.29) is 18.5 Å². The molecular formula is C12H16N2O2. The molecule has 1 rings (SSSR count). The van der Waals surface area contributed by atoms with Gasteiger partial charge in [-0.25, -0.2) is 0 Å². The van der Waals surface area contributed by atoms with E-state index in [1.165, 1.54) is 4.90 Å². The van der Waals surface area contributed by atoms with Crippen molar-refractivity contribution in [3.63, 3.8) is 0 Å². The summed E-state index contributed by atoms with van der Waals surface area (Å²) < 4.78 is 0. The summed E-state index contributed by atoms with van der Waals surface area (Å²) in [5.74, 6) is -0.674. The fourth-order valence-corrected chi connectivity index (χ4v) is 1.40. The van der Waals surface area contributed by atoms with Crippen molar-refractivity contribution in [1.29, 1.82) is 0 Å². The molecule has 2 amide bonds. The van der Waals surface area contributed by atoms with Gasteiger partial charge in [0, 0.05) is 11.6 Å². The SMILES string of the molecule is CC(C)N(CC(N)=O)C(=O)c1ccccc1. The summed E-state index contributed by atoms with van der Waals surface area (Å²) in [6.07, 6.45) is 0. The third kappa shape index (κ3) is 3.08. The smallest absolute Gasteiger partial charge is 0.254 e. The van der Waals surface area contributed by atoms with Crippen LogP contribution in [0.15, 0.2) is 30.3 Å². The molecule has 0 spiro atoms. The molecule has 4 heteroatoms. The minimum atomic E-state index is -0.502. The summed E-state index contributed by atoms with van der Waals surface area (Å²) >= 11 is 0. The second kappa shape index (κ2) is 5.30. The Bertz CT molecular complexity index is 374. The molecule has 1 aromatic carbocycles. The van der Waals surface area contributed by atoms with Crippen LogP contribution in [0.3, 0.4) is 0 Å². The molecule has 0 aromatic heterocycles. The summed E-state index contributed by atoms with van der Waals surface area (Å²) in [6.45, 7) is 3.65. The Hall–Kier alpha value is -1.84. The molecule has 0 radical (unpaired) electrons. The first kappa shape index (κ1) is 12.2. The number of hydrogen-bond donors (Lipinski definition) is 1. The lowest BCUT2D eigenvalue weighted by Gasteiger charge is -2.25. The molecule has 0 aliphatic heterocycles. The summed E-state index contributed by atoms with van der Waals surface area (Å²) in [6, 6.07) is 8.80. The third-order valence-electron chi connectivity index (χ3n) is 2.23. The third-order valence-corrected chi connectivity index (χ3v) is 2.23. The van der Waals surface area contributed by atoms with Gasteiger partial charge in [-0.3, -0.25) is 9.59 Å². The summed E-state index contributed by atoms with van der Waals surface area (Å²) in [5, 5.41) is 0. The predicted molar refractivity (Wildman–Crippen MR) is 61.8 cm³/mol. The first-order chi connectivity index (χ1) is 7.52. The van der Waals surface area contributed by atoms with Crippen LogP contribution in [-0.4, -0.2) is 29.3 Å². The zero-order valence-corrected chi connectivity index (χ0v) is 9.51. The minimum Gasteiger partial charge on any atom is -0.368 e. The van der Waals surface area contributed by atoms with Gasteiger partial charge in [0.25, 0.3) is 5.91 Å². The number of benzene rings is 1. The van der Waals surface area contributed by atoms with Crippen molar-refractivity contribution in [3.8, 4) is 0 Å². The van der Waals surface area contributed by atoms with Crippen molar-refractivity contribution in [2.75, 3.05) is 6.54 Å². The lowest BCUT2D eigenvalue weighted by atomic mass is 10.1. The zero-order valence-electron chi connectivity index (χ0n) is 9.51. The Labute approximate surface area is 95.0 Å². The molecule has 4 nitrogen and oxygen atoms in total. The van der Waals surface area contributed by atoms with Crippen molar-refractivity contribution in [1.82, 2.24) is 4.90 Å². The Morgan fingerprint density at radius 3 is 2.25 bits per heavy atom. The van der Waals surface area contributed by atoms with Gasteiger partial charge in [-0.15, -0.1) is 0 Å². The predicted octanol–water partition coefficient (Wildman–Crippen LogP) is 1.02. The number of nitrogens with two attached hydrogens (primary N) is 1. The molecular weight excluding hydrogens is 204 g/mol. The van der Waals surface area contributed by atoms with Crippen LogP contribution in [0.4, 0.5) is 0 Å². The average Bonchev–Trinajstić information content (AvgIpc) is 2.25. The lowest BCUT2D eigenvalue weighted by molar-refractivity contribution is -0.119. The van der Waals surface area contributed by atoms with Crippen molar-refractivity contribution < 1.29 is 9.59 Å². The lowest BCUT2D eigenvalue weighted by Crippen LogP contribution is -2.42. The van der Waals surface area contributed by atoms with Gasteiger partial charge < -0.3 is 10.6 Å².